The molecule has 0 saturated carbocycles. The van der Waals surface area contributed by atoms with E-state index in [-0.39, 0.29) is 11.8 Å². The van der Waals surface area contributed by atoms with Gasteiger partial charge in [0.2, 0.25) is 5.88 Å². The topological polar surface area (TPSA) is 47.4 Å². The van der Waals surface area contributed by atoms with Crippen molar-refractivity contribution in [1.29, 1.82) is 0 Å². The van der Waals surface area contributed by atoms with E-state index in [0.29, 0.717) is 35.3 Å². The molecule has 0 aliphatic carbocycles. The van der Waals surface area contributed by atoms with Crippen molar-refractivity contribution in [3.8, 4) is 17.3 Å². The summed E-state index contributed by atoms with van der Waals surface area (Å²) in [6, 6.07) is 22.5. The van der Waals surface area contributed by atoms with Crippen LogP contribution >= 0.6 is 11.6 Å². The van der Waals surface area contributed by atoms with Gasteiger partial charge in [0, 0.05) is 23.2 Å². The molecule has 0 radical (unpaired) electrons. The highest BCUT2D eigenvalue weighted by atomic mass is 35.5. The number of carbonyl (C=O) groups excluding carboxylic acids is 1. The minimum atomic E-state index is -0.394. The van der Waals surface area contributed by atoms with E-state index in [1.165, 1.54) is 12.1 Å². The Balaban J connectivity index is 1.82. The van der Waals surface area contributed by atoms with E-state index in [1.54, 1.807) is 46.0 Å². The predicted octanol–water partition coefficient (Wildman–Crippen LogP) is 7.63. The number of aromatic nitrogens is 2. The van der Waals surface area contributed by atoms with Crippen LogP contribution in [-0.4, -0.2) is 27.1 Å². The van der Waals surface area contributed by atoms with Gasteiger partial charge in [-0.3, -0.25) is 4.79 Å². The molecule has 7 heteroatoms. The third kappa shape index (κ3) is 5.77. The summed E-state index contributed by atoms with van der Waals surface area (Å²) in [6.07, 6.45) is 0.781. The standard InChI is InChI=1S/C29H29ClFN3O2/c1-4-17-33(28(35)21-13-15-22(30)16-14-21)19-26-27(20(2)3)32-34(24-10-6-5-7-11-24)29(26)36-25-12-8-9-23(31)18-25/h5-16,18,20H,4,17,19H2,1-3H3. The van der Waals surface area contributed by atoms with Gasteiger partial charge in [0.05, 0.1) is 23.5 Å². The zero-order valence-corrected chi connectivity index (χ0v) is 21.4. The number of benzene rings is 3. The molecule has 0 spiro atoms. The molecule has 0 aliphatic heterocycles. The van der Waals surface area contributed by atoms with Crippen molar-refractivity contribution in [2.24, 2.45) is 0 Å². The first-order chi connectivity index (χ1) is 17.4. The second kappa shape index (κ2) is 11.4. The van der Waals surface area contributed by atoms with Crippen molar-refractivity contribution >= 4 is 17.5 Å². The van der Waals surface area contributed by atoms with E-state index in [1.807, 2.05) is 37.3 Å². The molecule has 5 nitrogen and oxygen atoms in total. The van der Waals surface area contributed by atoms with E-state index < -0.39 is 5.82 Å². The molecule has 1 amide bonds. The molecule has 0 aliphatic rings. The number of halogens is 2. The first-order valence-corrected chi connectivity index (χ1v) is 12.4. The summed E-state index contributed by atoms with van der Waals surface area (Å²) in [6.45, 7) is 6.98. The van der Waals surface area contributed by atoms with Crippen LogP contribution in [0, 0.1) is 5.82 Å². The van der Waals surface area contributed by atoms with E-state index in [2.05, 4.69) is 13.8 Å². The lowest BCUT2D eigenvalue weighted by Crippen LogP contribution is -2.31. The first kappa shape index (κ1) is 25.5. The average molecular weight is 506 g/mol. The van der Waals surface area contributed by atoms with Gasteiger partial charge in [0.1, 0.15) is 11.6 Å². The minimum Gasteiger partial charge on any atom is -0.438 e. The molecular weight excluding hydrogens is 477 g/mol. The van der Waals surface area contributed by atoms with Crippen LogP contribution in [0.3, 0.4) is 0 Å². The minimum absolute atomic E-state index is 0.0638. The summed E-state index contributed by atoms with van der Waals surface area (Å²) in [5, 5.41) is 5.47. The second-order valence-corrected chi connectivity index (χ2v) is 9.30. The highest BCUT2D eigenvalue weighted by molar-refractivity contribution is 6.30. The number of ether oxygens (including phenoxy) is 1. The van der Waals surface area contributed by atoms with E-state index >= 15 is 0 Å². The van der Waals surface area contributed by atoms with Crippen molar-refractivity contribution in [2.45, 2.75) is 39.7 Å². The number of hydrogen-bond acceptors (Lipinski definition) is 3. The zero-order valence-electron chi connectivity index (χ0n) is 20.6. The molecule has 36 heavy (non-hydrogen) atoms. The molecule has 0 N–H and O–H groups in total. The summed E-state index contributed by atoms with van der Waals surface area (Å²) in [5.74, 6) is 0.381. The third-order valence-electron chi connectivity index (χ3n) is 5.75. The number of nitrogens with zero attached hydrogens (tertiary/aromatic N) is 3. The Kier molecular flexibility index (Phi) is 8.06. The third-order valence-corrected chi connectivity index (χ3v) is 6.00. The maximum Gasteiger partial charge on any atom is 0.254 e. The highest BCUT2D eigenvalue weighted by Crippen LogP contribution is 2.35. The molecule has 0 unspecified atom stereocenters. The largest absolute Gasteiger partial charge is 0.438 e. The van der Waals surface area contributed by atoms with Gasteiger partial charge < -0.3 is 9.64 Å². The van der Waals surface area contributed by atoms with Crippen molar-refractivity contribution in [3.05, 3.63) is 107 Å². The van der Waals surface area contributed by atoms with E-state index in [9.17, 15) is 9.18 Å². The fourth-order valence-corrected chi connectivity index (χ4v) is 4.17. The van der Waals surface area contributed by atoms with Gasteiger partial charge in [0.15, 0.2) is 0 Å². The van der Waals surface area contributed by atoms with E-state index in [0.717, 1.165) is 23.4 Å². The molecule has 186 valence electrons. The van der Waals surface area contributed by atoms with Crippen LogP contribution in [0.25, 0.3) is 5.69 Å². The SMILES string of the molecule is CCCN(Cc1c(C(C)C)nn(-c2ccccc2)c1Oc1cccc(F)c1)C(=O)c1ccc(Cl)cc1. The Hall–Kier alpha value is -3.64. The first-order valence-electron chi connectivity index (χ1n) is 12.0. The predicted molar refractivity (Wildman–Crippen MR) is 141 cm³/mol. The molecule has 1 aromatic heterocycles. The lowest BCUT2D eigenvalue weighted by Gasteiger charge is -2.23. The molecule has 0 saturated heterocycles. The number of para-hydroxylation sites is 1. The number of amides is 1. The molecule has 0 atom stereocenters. The van der Waals surface area contributed by atoms with Crippen LogP contribution in [0.15, 0.2) is 78.9 Å². The van der Waals surface area contributed by atoms with Gasteiger partial charge in [-0.1, -0.05) is 56.6 Å². The summed E-state index contributed by atoms with van der Waals surface area (Å²) in [5.41, 5.74) is 2.97. The molecule has 0 bridgehead atoms. The van der Waals surface area contributed by atoms with Crippen LogP contribution in [0.4, 0.5) is 4.39 Å². The quantitative estimate of drug-likeness (QED) is 0.235. The maximum absolute atomic E-state index is 14.0. The van der Waals surface area contributed by atoms with Crippen LogP contribution in [0.2, 0.25) is 5.02 Å². The fraction of sp³-hybridized carbons (Fsp3) is 0.241. The molecule has 4 aromatic rings. The molecule has 4 rings (SSSR count). The Bertz CT molecular complexity index is 1320. The van der Waals surface area contributed by atoms with Crippen molar-refractivity contribution in [3.63, 3.8) is 0 Å². The summed E-state index contributed by atoms with van der Waals surface area (Å²) >= 11 is 6.03. The van der Waals surface area contributed by atoms with Crippen molar-refractivity contribution in [2.75, 3.05) is 6.54 Å². The Morgan fingerprint density at radius 3 is 2.42 bits per heavy atom. The van der Waals surface area contributed by atoms with Gasteiger partial charge in [-0.15, -0.1) is 0 Å². The Morgan fingerprint density at radius 1 is 1.06 bits per heavy atom. The Morgan fingerprint density at radius 2 is 1.78 bits per heavy atom. The fourth-order valence-electron chi connectivity index (χ4n) is 4.04. The molecular formula is C29H29ClFN3O2. The van der Waals surface area contributed by atoms with Gasteiger partial charge in [-0.25, -0.2) is 9.07 Å². The van der Waals surface area contributed by atoms with Gasteiger partial charge >= 0.3 is 0 Å². The second-order valence-electron chi connectivity index (χ2n) is 8.86. The smallest absolute Gasteiger partial charge is 0.254 e. The average Bonchev–Trinajstić information content (AvgIpc) is 3.22. The monoisotopic (exact) mass is 505 g/mol. The van der Waals surface area contributed by atoms with Crippen molar-refractivity contribution < 1.29 is 13.9 Å². The lowest BCUT2D eigenvalue weighted by molar-refractivity contribution is 0.0742. The zero-order chi connectivity index (χ0) is 25.7. The van der Waals surface area contributed by atoms with Crippen molar-refractivity contribution in [1.82, 2.24) is 14.7 Å². The number of hydrogen-bond donors (Lipinski definition) is 0. The molecule has 1 heterocycles. The summed E-state index contributed by atoms with van der Waals surface area (Å²) in [7, 11) is 0. The number of carbonyl (C=O) groups is 1. The molecule has 0 fully saturated rings. The van der Waals surface area contributed by atoms with Crippen LogP contribution in [0.1, 0.15) is 54.7 Å². The number of rotatable bonds is 9. The molecule has 3 aromatic carbocycles. The summed E-state index contributed by atoms with van der Waals surface area (Å²) < 4.78 is 22.0. The van der Waals surface area contributed by atoms with Crippen LogP contribution < -0.4 is 4.74 Å². The summed E-state index contributed by atoms with van der Waals surface area (Å²) in [4.78, 5) is 15.3. The Labute approximate surface area is 216 Å². The maximum atomic E-state index is 14.0. The van der Waals surface area contributed by atoms with E-state index in [4.69, 9.17) is 21.4 Å². The van der Waals surface area contributed by atoms with Gasteiger partial charge in [0.25, 0.3) is 5.91 Å². The normalized spacial score (nSPS) is 11.1. The van der Waals surface area contributed by atoms with Gasteiger partial charge in [-0.05, 0) is 60.9 Å². The van der Waals surface area contributed by atoms with Gasteiger partial charge in [-0.2, -0.15) is 5.10 Å². The van der Waals surface area contributed by atoms with Crippen LogP contribution in [-0.2, 0) is 6.54 Å². The lowest BCUT2D eigenvalue weighted by atomic mass is 10.0. The highest BCUT2D eigenvalue weighted by Gasteiger charge is 2.27. The van der Waals surface area contributed by atoms with Crippen LogP contribution in [0.5, 0.6) is 11.6 Å².